The van der Waals surface area contributed by atoms with Crippen molar-refractivity contribution >= 4 is 11.6 Å². The van der Waals surface area contributed by atoms with Crippen LogP contribution in [-0.2, 0) is 4.74 Å². The van der Waals surface area contributed by atoms with Crippen molar-refractivity contribution in [1.29, 1.82) is 0 Å². The molecule has 0 radical (unpaired) electrons. The van der Waals surface area contributed by atoms with Gasteiger partial charge >= 0.3 is 0 Å². The van der Waals surface area contributed by atoms with Gasteiger partial charge < -0.3 is 20.5 Å². The molecule has 104 valence electrons. The Balaban J connectivity index is 2.21. The number of nitrogens with two attached hydrogens (primary N) is 1. The maximum absolute atomic E-state index is 12.5. The molecular formula is C13H19N3O3. The summed E-state index contributed by atoms with van der Waals surface area (Å²) in [6.07, 6.45) is 1.11. The predicted molar refractivity (Wildman–Crippen MR) is 70.7 cm³/mol. The molecule has 1 aromatic rings. The van der Waals surface area contributed by atoms with Gasteiger partial charge in [-0.15, -0.1) is 0 Å². The molecule has 6 heteroatoms. The van der Waals surface area contributed by atoms with Crippen molar-refractivity contribution in [1.82, 2.24) is 9.88 Å². The van der Waals surface area contributed by atoms with Crippen LogP contribution in [0.25, 0.3) is 0 Å². The summed E-state index contributed by atoms with van der Waals surface area (Å²) in [6, 6.07) is 1.64. The fourth-order valence-corrected chi connectivity index (χ4v) is 2.25. The number of nitrogens with zero attached hydrogens (tertiary/aromatic N) is 2. The zero-order valence-corrected chi connectivity index (χ0v) is 11.2. The normalized spacial score (nSPS) is 23.4. The number of hydrogen-bond donors (Lipinski definition) is 2. The van der Waals surface area contributed by atoms with Crippen molar-refractivity contribution in [3.8, 4) is 0 Å². The highest BCUT2D eigenvalue weighted by atomic mass is 16.5. The van der Waals surface area contributed by atoms with Crippen LogP contribution < -0.4 is 5.73 Å². The zero-order chi connectivity index (χ0) is 14.0. The number of amides is 1. The topological polar surface area (TPSA) is 88.7 Å². The summed E-state index contributed by atoms with van der Waals surface area (Å²) in [6.45, 7) is 4.45. The smallest absolute Gasteiger partial charge is 0.255 e. The Morgan fingerprint density at radius 1 is 1.63 bits per heavy atom. The minimum Gasteiger partial charge on any atom is -0.397 e. The number of rotatable bonds is 2. The van der Waals surface area contributed by atoms with E-state index in [0.29, 0.717) is 30.0 Å². The lowest BCUT2D eigenvalue weighted by Gasteiger charge is -2.36. The van der Waals surface area contributed by atoms with Crippen molar-refractivity contribution in [2.45, 2.75) is 26.1 Å². The standard InChI is InChI=1S/C13H19N3O3/c1-8-5-16(6-11(7-17)19-8)13(18)12-3-10(14)4-15-9(12)2/h3-4,8,11,17H,5-7,14H2,1-2H3. The van der Waals surface area contributed by atoms with E-state index in [4.69, 9.17) is 10.5 Å². The Hall–Kier alpha value is -1.66. The molecule has 0 aromatic carbocycles. The molecule has 2 unspecified atom stereocenters. The number of hydrogen-bond acceptors (Lipinski definition) is 5. The molecule has 6 nitrogen and oxygen atoms in total. The number of aryl methyl sites for hydroxylation is 1. The van der Waals surface area contributed by atoms with Gasteiger partial charge in [0.2, 0.25) is 0 Å². The van der Waals surface area contributed by atoms with Crippen molar-refractivity contribution in [2.24, 2.45) is 0 Å². The van der Waals surface area contributed by atoms with Crippen LogP contribution in [0.1, 0.15) is 23.0 Å². The molecule has 0 spiro atoms. The van der Waals surface area contributed by atoms with Gasteiger partial charge in [0.15, 0.2) is 0 Å². The second kappa shape index (κ2) is 5.54. The van der Waals surface area contributed by atoms with Gasteiger partial charge in [-0.25, -0.2) is 0 Å². The number of ether oxygens (including phenoxy) is 1. The average molecular weight is 265 g/mol. The number of carbonyl (C=O) groups is 1. The van der Waals surface area contributed by atoms with Crippen LogP contribution in [0.4, 0.5) is 5.69 Å². The van der Waals surface area contributed by atoms with Gasteiger partial charge in [-0.05, 0) is 19.9 Å². The summed E-state index contributed by atoms with van der Waals surface area (Å²) in [5.41, 5.74) is 7.30. The Labute approximate surface area is 112 Å². The Morgan fingerprint density at radius 2 is 2.37 bits per heavy atom. The molecule has 19 heavy (non-hydrogen) atoms. The third kappa shape index (κ3) is 3.02. The molecule has 1 aliphatic rings. The van der Waals surface area contributed by atoms with E-state index in [1.54, 1.807) is 17.9 Å². The van der Waals surface area contributed by atoms with Gasteiger partial charge in [0.1, 0.15) is 0 Å². The molecule has 1 aliphatic heterocycles. The van der Waals surface area contributed by atoms with Gasteiger partial charge in [-0.1, -0.05) is 0 Å². The van der Waals surface area contributed by atoms with E-state index >= 15 is 0 Å². The van der Waals surface area contributed by atoms with Crippen LogP contribution >= 0.6 is 0 Å². The highest BCUT2D eigenvalue weighted by molar-refractivity contribution is 5.96. The fourth-order valence-electron chi connectivity index (χ4n) is 2.25. The van der Waals surface area contributed by atoms with E-state index in [1.165, 1.54) is 6.20 Å². The second-order valence-corrected chi connectivity index (χ2v) is 4.86. The summed E-state index contributed by atoms with van der Waals surface area (Å²) in [4.78, 5) is 18.3. The molecule has 0 aliphatic carbocycles. The molecule has 1 amide bonds. The number of aliphatic hydroxyl groups is 1. The number of aliphatic hydroxyl groups excluding tert-OH is 1. The van der Waals surface area contributed by atoms with Crippen LogP contribution in [0.5, 0.6) is 0 Å². The second-order valence-electron chi connectivity index (χ2n) is 4.86. The van der Waals surface area contributed by atoms with Crippen LogP contribution in [0, 0.1) is 6.92 Å². The highest BCUT2D eigenvalue weighted by Gasteiger charge is 2.29. The first-order chi connectivity index (χ1) is 9.01. The summed E-state index contributed by atoms with van der Waals surface area (Å²) in [5.74, 6) is -0.120. The highest BCUT2D eigenvalue weighted by Crippen LogP contribution is 2.17. The van der Waals surface area contributed by atoms with E-state index < -0.39 is 0 Å². The minimum atomic E-state index is -0.331. The van der Waals surface area contributed by atoms with Gasteiger partial charge in [-0.2, -0.15) is 0 Å². The molecule has 2 rings (SSSR count). The third-order valence-electron chi connectivity index (χ3n) is 3.16. The molecule has 2 heterocycles. The van der Waals surface area contributed by atoms with Crippen LogP contribution in [0.15, 0.2) is 12.3 Å². The lowest BCUT2D eigenvalue weighted by Crippen LogP contribution is -2.50. The quantitative estimate of drug-likeness (QED) is 0.797. The number of carbonyl (C=O) groups excluding carboxylic acids is 1. The summed E-state index contributed by atoms with van der Waals surface area (Å²) in [7, 11) is 0. The SMILES string of the molecule is Cc1ncc(N)cc1C(=O)N1CC(C)OC(CO)C1. The summed E-state index contributed by atoms with van der Waals surface area (Å²) >= 11 is 0. The van der Waals surface area contributed by atoms with Crippen LogP contribution in [-0.4, -0.2) is 52.8 Å². The van der Waals surface area contributed by atoms with E-state index in [9.17, 15) is 9.90 Å². The van der Waals surface area contributed by atoms with Crippen molar-refractivity contribution in [3.05, 3.63) is 23.5 Å². The lowest BCUT2D eigenvalue weighted by atomic mass is 10.1. The number of nitrogen functional groups attached to an aromatic ring is 1. The van der Waals surface area contributed by atoms with Crippen LogP contribution in [0.3, 0.4) is 0 Å². The molecular weight excluding hydrogens is 246 g/mol. The van der Waals surface area contributed by atoms with E-state index in [1.807, 2.05) is 6.92 Å². The van der Waals surface area contributed by atoms with Gasteiger partial charge in [0.25, 0.3) is 5.91 Å². The molecule has 1 saturated heterocycles. The number of pyridine rings is 1. The molecule has 0 bridgehead atoms. The van der Waals surface area contributed by atoms with E-state index in [2.05, 4.69) is 4.98 Å². The molecule has 1 aromatic heterocycles. The number of anilines is 1. The number of aromatic nitrogens is 1. The minimum absolute atomic E-state index is 0.0934. The summed E-state index contributed by atoms with van der Waals surface area (Å²) < 4.78 is 5.52. The first kappa shape index (κ1) is 13.8. The van der Waals surface area contributed by atoms with E-state index in [0.717, 1.165) is 0 Å². The van der Waals surface area contributed by atoms with Gasteiger partial charge in [0.05, 0.1) is 42.0 Å². The van der Waals surface area contributed by atoms with Crippen LogP contribution in [0.2, 0.25) is 0 Å². The largest absolute Gasteiger partial charge is 0.397 e. The molecule has 3 N–H and O–H groups in total. The Kier molecular flexibility index (Phi) is 4.01. The molecule has 2 atom stereocenters. The van der Waals surface area contributed by atoms with Crippen molar-refractivity contribution < 1.29 is 14.6 Å². The van der Waals surface area contributed by atoms with Gasteiger partial charge in [0, 0.05) is 13.1 Å². The number of morpholine rings is 1. The monoisotopic (exact) mass is 265 g/mol. The third-order valence-corrected chi connectivity index (χ3v) is 3.16. The maximum Gasteiger partial charge on any atom is 0.255 e. The summed E-state index contributed by atoms with van der Waals surface area (Å²) in [5, 5.41) is 9.18. The van der Waals surface area contributed by atoms with E-state index in [-0.39, 0.29) is 24.7 Å². The maximum atomic E-state index is 12.5. The molecule has 1 fully saturated rings. The van der Waals surface area contributed by atoms with Crippen molar-refractivity contribution in [3.63, 3.8) is 0 Å². The Morgan fingerprint density at radius 3 is 3.05 bits per heavy atom. The average Bonchev–Trinajstić information content (AvgIpc) is 2.40. The molecule has 0 saturated carbocycles. The Bertz CT molecular complexity index is 478. The predicted octanol–water partition coefficient (Wildman–Crippen LogP) is 0.194. The van der Waals surface area contributed by atoms with Gasteiger partial charge in [-0.3, -0.25) is 9.78 Å². The van der Waals surface area contributed by atoms with Crippen molar-refractivity contribution in [2.75, 3.05) is 25.4 Å². The lowest BCUT2D eigenvalue weighted by molar-refractivity contribution is -0.0858. The first-order valence-corrected chi connectivity index (χ1v) is 6.29. The zero-order valence-electron chi connectivity index (χ0n) is 11.2. The first-order valence-electron chi connectivity index (χ1n) is 6.29. The fraction of sp³-hybridized carbons (Fsp3) is 0.538.